The van der Waals surface area contributed by atoms with Crippen molar-refractivity contribution in [1.82, 2.24) is 0 Å². The summed E-state index contributed by atoms with van der Waals surface area (Å²) in [5.74, 6) is 0. The smallest absolute Gasteiger partial charge is 0.150 e. The molecule has 0 bridgehead atoms. The fourth-order valence-corrected chi connectivity index (χ4v) is 1.12. The van der Waals surface area contributed by atoms with Crippen LogP contribution < -0.4 is 5.19 Å². The number of benzene rings is 1. The van der Waals surface area contributed by atoms with E-state index >= 15 is 0 Å². The van der Waals surface area contributed by atoms with Crippen LogP contribution in [0.4, 0.5) is 0 Å². The van der Waals surface area contributed by atoms with Gasteiger partial charge in [0.2, 0.25) is 0 Å². The van der Waals surface area contributed by atoms with Gasteiger partial charge in [0, 0.05) is 11.1 Å². The van der Waals surface area contributed by atoms with Crippen molar-refractivity contribution in [2.75, 3.05) is 0 Å². The second-order valence-corrected chi connectivity index (χ2v) is 2.58. The Morgan fingerprint density at radius 1 is 1.18 bits per heavy atom. The van der Waals surface area contributed by atoms with Crippen LogP contribution in [0.3, 0.4) is 0 Å². The van der Waals surface area contributed by atoms with Gasteiger partial charge in [-0.1, -0.05) is 23.4 Å². The van der Waals surface area contributed by atoms with Crippen LogP contribution in [0.5, 0.6) is 0 Å². The Morgan fingerprint density at radius 2 is 1.91 bits per heavy atom. The average Bonchev–Trinajstić information content (AvgIpc) is 2.04. The molecule has 0 spiro atoms. The lowest BCUT2D eigenvalue weighted by Gasteiger charge is -1.98. The van der Waals surface area contributed by atoms with Gasteiger partial charge in [-0.25, -0.2) is 0 Å². The molecule has 0 aliphatic carbocycles. The molecule has 0 saturated heterocycles. The molecule has 0 heterocycles. The standard InChI is InChI=1S/C8H5O2Si/c9-4-6-2-1-3-8(11)7(6)5-10/h1-5H. The molecule has 3 heteroatoms. The number of hydrogen-bond acceptors (Lipinski definition) is 2. The van der Waals surface area contributed by atoms with Gasteiger partial charge in [0.05, 0.1) is 10.2 Å². The molecule has 0 fully saturated rings. The maximum absolute atomic E-state index is 10.4. The van der Waals surface area contributed by atoms with Crippen LogP contribution >= 0.6 is 0 Å². The molecule has 0 aliphatic heterocycles. The van der Waals surface area contributed by atoms with Crippen LogP contribution in [-0.2, 0) is 0 Å². The molecule has 0 amide bonds. The molecule has 0 aromatic heterocycles. The highest BCUT2D eigenvalue weighted by Gasteiger charge is 2.01. The molecule has 2 nitrogen and oxygen atoms in total. The minimum absolute atomic E-state index is 0.402. The maximum atomic E-state index is 10.4. The maximum Gasteiger partial charge on any atom is 0.150 e. The van der Waals surface area contributed by atoms with E-state index < -0.39 is 0 Å². The predicted octanol–water partition coefficient (Wildman–Crippen LogP) is 0.105. The third-order valence-electron chi connectivity index (χ3n) is 1.38. The first kappa shape index (κ1) is 7.88. The van der Waals surface area contributed by atoms with Crippen molar-refractivity contribution in [3.8, 4) is 0 Å². The number of rotatable bonds is 2. The Balaban J connectivity index is 3.35. The normalized spacial score (nSPS) is 9.18. The Bertz CT molecular complexity index is 294. The first-order valence-corrected chi connectivity index (χ1v) is 3.54. The molecular weight excluding hydrogens is 156 g/mol. The van der Waals surface area contributed by atoms with Gasteiger partial charge in [0.25, 0.3) is 0 Å². The molecule has 1 aromatic carbocycles. The molecule has 11 heavy (non-hydrogen) atoms. The summed E-state index contributed by atoms with van der Waals surface area (Å²) in [7, 11) is 3.21. The van der Waals surface area contributed by atoms with Crippen LogP contribution in [0.15, 0.2) is 18.2 Å². The van der Waals surface area contributed by atoms with E-state index in [4.69, 9.17) is 0 Å². The molecule has 0 aliphatic rings. The first-order valence-electron chi connectivity index (χ1n) is 3.04. The zero-order valence-corrected chi connectivity index (χ0v) is 6.70. The molecule has 3 radical (unpaired) electrons. The summed E-state index contributed by atoms with van der Waals surface area (Å²) in [4.78, 5) is 20.8. The third kappa shape index (κ3) is 1.43. The number of hydrogen-bond donors (Lipinski definition) is 0. The zero-order valence-electron chi connectivity index (χ0n) is 5.70. The van der Waals surface area contributed by atoms with Crippen LogP contribution in [0.1, 0.15) is 20.7 Å². The van der Waals surface area contributed by atoms with Crippen molar-refractivity contribution in [1.29, 1.82) is 0 Å². The number of aldehydes is 2. The van der Waals surface area contributed by atoms with E-state index in [-0.39, 0.29) is 0 Å². The lowest BCUT2D eigenvalue weighted by atomic mass is 10.1. The van der Waals surface area contributed by atoms with Crippen molar-refractivity contribution < 1.29 is 9.59 Å². The van der Waals surface area contributed by atoms with E-state index in [2.05, 4.69) is 10.2 Å². The summed E-state index contributed by atoms with van der Waals surface area (Å²) in [6.07, 6.45) is 1.32. The fourth-order valence-electron chi connectivity index (χ4n) is 0.817. The van der Waals surface area contributed by atoms with Crippen LogP contribution in [0.25, 0.3) is 0 Å². The zero-order chi connectivity index (χ0) is 8.27. The SMILES string of the molecule is O=Cc1cccc([Si])c1C=O. The van der Waals surface area contributed by atoms with E-state index in [0.717, 1.165) is 0 Å². The fraction of sp³-hybridized carbons (Fsp3) is 0. The highest BCUT2D eigenvalue weighted by atomic mass is 28.1. The quantitative estimate of drug-likeness (QED) is 0.455. The monoisotopic (exact) mass is 161 g/mol. The molecule has 1 rings (SSSR count). The van der Waals surface area contributed by atoms with Gasteiger partial charge in [0.15, 0.2) is 12.6 Å². The van der Waals surface area contributed by atoms with Crippen molar-refractivity contribution in [2.45, 2.75) is 0 Å². The lowest BCUT2D eigenvalue weighted by Crippen LogP contribution is -2.11. The van der Waals surface area contributed by atoms with Gasteiger partial charge in [-0.05, 0) is 0 Å². The Labute approximate surface area is 67.7 Å². The molecule has 1 aromatic rings. The topological polar surface area (TPSA) is 34.1 Å². The molecule has 0 saturated carbocycles. The van der Waals surface area contributed by atoms with E-state index in [9.17, 15) is 9.59 Å². The second kappa shape index (κ2) is 3.25. The van der Waals surface area contributed by atoms with E-state index in [1.54, 1.807) is 18.2 Å². The Hall–Kier alpha value is -1.22. The average molecular weight is 161 g/mol. The van der Waals surface area contributed by atoms with Gasteiger partial charge >= 0.3 is 0 Å². The Morgan fingerprint density at radius 3 is 2.36 bits per heavy atom. The van der Waals surface area contributed by atoms with Gasteiger partial charge in [0.1, 0.15) is 0 Å². The van der Waals surface area contributed by atoms with Gasteiger partial charge < -0.3 is 0 Å². The lowest BCUT2D eigenvalue weighted by molar-refractivity contribution is 0.109. The minimum Gasteiger partial charge on any atom is -0.298 e. The van der Waals surface area contributed by atoms with Gasteiger partial charge in [-0.2, -0.15) is 0 Å². The van der Waals surface area contributed by atoms with Gasteiger partial charge in [-0.15, -0.1) is 0 Å². The highest BCUT2D eigenvalue weighted by Crippen LogP contribution is 1.98. The van der Waals surface area contributed by atoms with Crippen molar-refractivity contribution in [3.63, 3.8) is 0 Å². The molecule has 53 valence electrons. The van der Waals surface area contributed by atoms with E-state index in [0.29, 0.717) is 28.9 Å². The summed E-state index contributed by atoms with van der Waals surface area (Å²) in [5, 5.41) is 0.643. The molecular formula is C8H5O2Si. The summed E-state index contributed by atoms with van der Waals surface area (Å²) in [6.45, 7) is 0. The summed E-state index contributed by atoms with van der Waals surface area (Å²) < 4.78 is 0. The van der Waals surface area contributed by atoms with Gasteiger partial charge in [-0.3, -0.25) is 9.59 Å². The summed E-state index contributed by atoms with van der Waals surface area (Å²) in [5.41, 5.74) is 0.812. The predicted molar refractivity (Wildman–Crippen MR) is 42.6 cm³/mol. The second-order valence-electron chi connectivity index (χ2n) is 2.04. The molecule has 0 unspecified atom stereocenters. The van der Waals surface area contributed by atoms with Crippen LogP contribution in [0.2, 0.25) is 0 Å². The van der Waals surface area contributed by atoms with Crippen LogP contribution in [0, 0.1) is 0 Å². The van der Waals surface area contributed by atoms with Crippen molar-refractivity contribution >= 4 is 28.0 Å². The minimum atomic E-state index is 0.402. The molecule has 0 N–H and O–H groups in total. The third-order valence-corrected chi connectivity index (χ3v) is 1.82. The van der Waals surface area contributed by atoms with Crippen LogP contribution in [-0.4, -0.2) is 22.8 Å². The first-order chi connectivity index (χ1) is 5.29. The Kier molecular flexibility index (Phi) is 2.33. The largest absolute Gasteiger partial charge is 0.298 e. The highest BCUT2D eigenvalue weighted by molar-refractivity contribution is 6.36. The van der Waals surface area contributed by atoms with Crippen molar-refractivity contribution in [2.24, 2.45) is 0 Å². The number of carbonyl (C=O) groups excluding carboxylic acids is 2. The molecule has 0 atom stereocenters. The summed E-state index contributed by atoms with van der Waals surface area (Å²) in [6, 6.07) is 5.02. The van der Waals surface area contributed by atoms with E-state index in [1.807, 2.05) is 0 Å². The van der Waals surface area contributed by atoms with Crippen molar-refractivity contribution in [3.05, 3.63) is 29.3 Å². The van der Waals surface area contributed by atoms with E-state index in [1.165, 1.54) is 0 Å². The summed E-state index contributed by atoms with van der Waals surface area (Å²) >= 11 is 0. The number of carbonyl (C=O) groups is 2.